The Morgan fingerprint density at radius 3 is 2.93 bits per heavy atom. The summed E-state index contributed by atoms with van der Waals surface area (Å²) in [7, 11) is 1.56. The zero-order valence-electron chi connectivity index (χ0n) is 8.32. The molecule has 1 saturated heterocycles. The minimum Gasteiger partial charge on any atom is -0.495 e. The first-order valence-electron chi connectivity index (χ1n) is 4.58. The second kappa shape index (κ2) is 3.68. The summed E-state index contributed by atoms with van der Waals surface area (Å²) >= 11 is 0. The first-order valence-corrected chi connectivity index (χ1v) is 4.58. The summed E-state index contributed by atoms with van der Waals surface area (Å²) in [4.78, 5) is 10.8. The molecule has 0 bridgehead atoms. The molecule has 15 heavy (non-hydrogen) atoms. The fourth-order valence-corrected chi connectivity index (χ4v) is 1.53. The van der Waals surface area contributed by atoms with Crippen LogP contribution in [0.3, 0.4) is 0 Å². The number of alkyl carbamates (subject to hydrolysis) is 1. The maximum Gasteiger partial charge on any atom is 0.407 e. The van der Waals surface area contributed by atoms with Crippen LogP contribution >= 0.6 is 0 Å². The Morgan fingerprint density at radius 2 is 2.40 bits per heavy atom. The van der Waals surface area contributed by atoms with Gasteiger partial charge in [-0.25, -0.2) is 4.79 Å². The molecule has 2 rings (SSSR count). The Balaban J connectivity index is 2.22. The summed E-state index contributed by atoms with van der Waals surface area (Å²) in [6, 6.07) is 5.35. The molecule has 1 aromatic rings. The predicted octanol–water partition coefficient (Wildman–Crippen LogP) is 1.06. The lowest BCUT2D eigenvalue weighted by atomic mass is 10.1. The first kappa shape index (κ1) is 9.64. The lowest BCUT2D eigenvalue weighted by Gasteiger charge is -2.10. The van der Waals surface area contributed by atoms with Crippen LogP contribution < -0.4 is 15.8 Å². The van der Waals surface area contributed by atoms with E-state index < -0.39 is 6.09 Å². The molecule has 80 valence electrons. The number of carbonyl (C=O) groups is 1. The highest BCUT2D eigenvalue weighted by molar-refractivity contribution is 5.70. The number of ether oxygens (including phenoxy) is 2. The Hall–Kier alpha value is -1.91. The van der Waals surface area contributed by atoms with Crippen LogP contribution in [0.25, 0.3) is 0 Å². The van der Waals surface area contributed by atoms with Gasteiger partial charge < -0.3 is 20.5 Å². The van der Waals surface area contributed by atoms with Crippen molar-refractivity contribution >= 4 is 11.8 Å². The zero-order valence-corrected chi connectivity index (χ0v) is 8.32. The average Bonchev–Trinajstić information content (AvgIpc) is 2.65. The minimum atomic E-state index is -0.394. The van der Waals surface area contributed by atoms with Crippen LogP contribution in [-0.2, 0) is 4.74 Å². The Morgan fingerprint density at radius 1 is 1.60 bits per heavy atom. The van der Waals surface area contributed by atoms with Gasteiger partial charge in [0.05, 0.1) is 19.3 Å². The fourth-order valence-electron chi connectivity index (χ4n) is 1.53. The predicted molar refractivity (Wildman–Crippen MR) is 54.6 cm³/mol. The molecule has 0 aromatic heterocycles. The Bertz CT molecular complexity index is 392. The molecule has 3 N–H and O–H groups in total. The standard InChI is InChI=1S/C10H12N2O3/c1-14-8-3-2-6(4-7(8)11)9-5-12-10(13)15-9/h2-4,9H,5,11H2,1H3,(H,12,13). The van der Waals surface area contributed by atoms with Gasteiger partial charge in [0, 0.05) is 0 Å². The van der Waals surface area contributed by atoms with Gasteiger partial charge in [-0.2, -0.15) is 0 Å². The number of nitrogens with one attached hydrogen (secondary N) is 1. The second-order valence-electron chi connectivity index (χ2n) is 3.28. The van der Waals surface area contributed by atoms with Crippen molar-refractivity contribution in [1.29, 1.82) is 0 Å². The normalized spacial score (nSPS) is 19.5. The first-order chi connectivity index (χ1) is 7.20. The Labute approximate surface area is 87.2 Å². The van der Waals surface area contributed by atoms with Crippen molar-refractivity contribution in [2.45, 2.75) is 6.10 Å². The molecule has 5 nitrogen and oxygen atoms in total. The summed E-state index contributed by atoms with van der Waals surface area (Å²) in [5.74, 6) is 0.621. The second-order valence-corrected chi connectivity index (χ2v) is 3.28. The maximum atomic E-state index is 10.8. The van der Waals surface area contributed by atoms with Crippen molar-refractivity contribution < 1.29 is 14.3 Å². The molecule has 1 aliphatic rings. The summed E-state index contributed by atoms with van der Waals surface area (Å²) in [6.07, 6.45) is -0.653. The molecular weight excluding hydrogens is 196 g/mol. The summed E-state index contributed by atoms with van der Waals surface area (Å²) < 4.78 is 10.1. The summed E-state index contributed by atoms with van der Waals surface area (Å²) in [6.45, 7) is 0.477. The van der Waals surface area contributed by atoms with Crippen molar-refractivity contribution in [3.8, 4) is 5.75 Å². The van der Waals surface area contributed by atoms with E-state index in [4.69, 9.17) is 15.2 Å². The molecule has 0 aliphatic carbocycles. The van der Waals surface area contributed by atoms with Crippen molar-refractivity contribution in [3.05, 3.63) is 23.8 Å². The summed E-state index contributed by atoms with van der Waals surface area (Å²) in [5.41, 5.74) is 7.16. The van der Waals surface area contributed by atoms with E-state index in [-0.39, 0.29) is 6.10 Å². The topological polar surface area (TPSA) is 73.6 Å². The number of hydrogen-bond donors (Lipinski definition) is 2. The van der Waals surface area contributed by atoms with Crippen LogP contribution in [-0.4, -0.2) is 19.7 Å². The highest BCUT2D eigenvalue weighted by atomic mass is 16.6. The van der Waals surface area contributed by atoms with E-state index in [0.29, 0.717) is 18.0 Å². The van der Waals surface area contributed by atoms with Gasteiger partial charge in [-0.3, -0.25) is 0 Å². The largest absolute Gasteiger partial charge is 0.495 e. The number of nitrogens with two attached hydrogens (primary N) is 1. The van der Waals surface area contributed by atoms with Gasteiger partial charge in [0.1, 0.15) is 11.9 Å². The molecule has 1 aliphatic heterocycles. The number of rotatable bonds is 2. The Kier molecular flexibility index (Phi) is 2.37. The number of amides is 1. The van der Waals surface area contributed by atoms with Crippen LogP contribution in [0.1, 0.15) is 11.7 Å². The number of cyclic esters (lactones) is 1. The van der Waals surface area contributed by atoms with Crippen molar-refractivity contribution in [3.63, 3.8) is 0 Å². The van der Waals surface area contributed by atoms with Crippen LogP contribution in [0.15, 0.2) is 18.2 Å². The van der Waals surface area contributed by atoms with Crippen LogP contribution in [0.5, 0.6) is 5.75 Å². The molecule has 1 fully saturated rings. The van der Waals surface area contributed by atoms with E-state index in [1.807, 2.05) is 6.07 Å². The molecule has 1 heterocycles. The number of methoxy groups -OCH3 is 1. The monoisotopic (exact) mass is 208 g/mol. The van der Waals surface area contributed by atoms with E-state index in [1.165, 1.54) is 0 Å². The lowest BCUT2D eigenvalue weighted by Crippen LogP contribution is -2.12. The number of carbonyl (C=O) groups excluding carboxylic acids is 1. The van der Waals surface area contributed by atoms with E-state index in [9.17, 15) is 4.79 Å². The van der Waals surface area contributed by atoms with Crippen molar-refractivity contribution in [2.24, 2.45) is 0 Å². The maximum absolute atomic E-state index is 10.8. The third-order valence-electron chi connectivity index (χ3n) is 2.31. The van der Waals surface area contributed by atoms with Gasteiger partial charge in [-0.1, -0.05) is 6.07 Å². The number of anilines is 1. The number of nitrogen functional groups attached to an aromatic ring is 1. The van der Waals surface area contributed by atoms with Gasteiger partial charge in [0.25, 0.3) is 0 Å². The lowest BCUT2D eigenvalue weighted by molar-refractivity contribution is 0.141. The van der Waals surface area contributed by atoms with E-state index in [0.717, 1.165) is 5.56 Å². The van der Waals surface area contributed by atoms with E-state index >= 15 is 0 Å². The molecule has 1 aromatic carbocycles. The van der Waals surface area contributed by atoms with Crippen molar-refractivity contribution in [2.75, 3.05) is 19.4 Å². The van der Waals surface area contributed by atoms with Gasteiger partial charge in [-0.05, 0) is 17.7 Å². The molecule has 5 heteroatoms. The van der Waals surface area contributed by atoms with Gasteiger partial charge in [0.15, 0.2) is 0 Å². The van der Waals surface area contributed by atoms with Gasteiger partial charge >= 0.3 is 6.09 Å². The fraction of sp³-hybridized carbons (Fsp3) is 0.300. The zero-order chi connectivity index (χ0) is 10.8. The number of hydrogen-bond acceptors (Lipinski definition) is 4. The molecule has 1 amide bonds. The number of benzene rings is 1. The smallest absolute Gasteiger partial charge is 0.407 e. The third-order valence-corrected chi connectivity index (χ3v) is 2.31. The molecule has 0 spiro atoms. The van der Waals surface area contributed by atoms with Gasteiger partial charge in [-0.15, -0.1) is 0 Å². The van der Waals surface area contributed by atoms with E-state index in [1.54, 1.807) is 19.2 Å². The van der Waals surface area contributed by atoms with Crippen LogP contribution in [0.2, 0.25) is 0 Å². The minimum absolute atomic E-state index is 0.259. The molecule has 0 saturated carbocycles. The molecular formula is C10H12N2O3. The highest BCUT2D eigenvalue weighted by Crippen LogP contribution is 2.28. The van der Waals surface area contributed by atoms with Gasteiger partial charge in [0.2, 0.25) is 0 Å². The third kappa shape index (κ3) is 1.81. The molecule has 1 atom stereocenters. The van der Waals surface area contributed by atoms with Crippen molar-refractivity contribution in [1.82, 2.24) is 5.32 Å². The van der Waals surface area contributed by atoms with Crippen LogP contribution in [0, 0.1) is 0 Å². The van der Waals surface area contributed by atoms with E-state index in [2.05, 4.69) is 5.32 Å². The highest BCUT2D eigenvalue weighted by Gasteiger charge is 2.24. The quantitative estimate of drug-likeness (QED) is 0.713. The average molecular weight is 208 g/mol. The molecule has 0 radical (unpaired) electrons. The van der Waals surface area contributed by atoms with Crippen LogP contribution in [0.4, 0.5) is 10.5 Å². The SMILES string of the molecule is COc1ccc(C2CNC(=O)O2)cc1N. The summed E-state index contributed by atoms with van der Waals surface area (Å²) in [5, 5.41) is 2.58. The molecule has 1 unspecified atom stereocenters.